The monoisotopic (exact) mass is 376 g/mol. The zero-order valence-corrected chi connectivity index (χ0v) is 15.5. The van der Waals surface area contributed by atoms with E-state index in [1.807, 2.05) is 29.2 Å². The number of aromatic nitrogens is 1. The third kappa shape index (κ3) is 3.81. The molecular weight excluding hydrogens is 356 g/mol. The Morgan fingerprint density at radius 3 is 2.64 bits per heavy atom. The summed E-state index contributed by atoms with van der Waals surface area (Å²) >= 11 is 7.63. The van der Waals surface area contributed by atoms with Gasteiger partial charge in [0.2, 0.25) is 0 Å². The van der Waals surface area contributed by atoms with Gasteiger partial charge in [0.25, 0.3) is 0 Å². The summed E-state index contributed by atoms with van der Waals surface area (Å²) in [6, 6.07) is 8.31. The van der Waals surface area contributed by atoms with Crippen LogP contribution in [0.1, 0.15) is 18.5 Å². The Hall–Kier alpha value is -1.63. The van der Waals surface area contributed by atoms with Gasteiger partial charge in [0, 0.05) is 54.7 Å². The van der Waals surface area contributed by atoms with Gasteiger partial charge in [0.05, 0.1) is 5.69 Å². The molecule has 0 unspecified atom stereocenters. The minimum Gasteiger partial charge on any atom is -0.336 e. The zero-order chi connectivity index (χ0) is 17.2. The summed E-state index contributed by atoms with van der Waals surface area (Å²) in [4.78, 5) is 21.0. The van der Waals surface area contributed by atoms with Crippen molar-refractivity contribution in [2.24, 2.45) is 0 Å². The molecule has 1 aromatic carbocycles. The molecule has 2 saturated heterocycles. The normalized spacial score (nSPS) is 19.4. The minimum absolute atomic E-state index is 0.102. The van der Waals surface area contributed by atoms with Crippen molar-refractivity contribution in [1.29, 1.82) is 0 Å². The van der Waals surface area contributed by atoms with Crippen LogP contribution in [0.2, 0.25) is 5.02 Å². The van der Waals surface area contributed by atoms with E-state index in [9.17, 15) is 4.79 Å². The first kappa shape index (κ1) is 16.8. The minimum atomic E-state index is 0.102. The van der Waals surface area contributed by atoms with Crippen molar-refractivity contribution >= 4 is 29.0 Å². The Kier molecular flexibility index (Phi) is 4.92. The number of urea groups is 1. The molecule has 0 saturated carbocycles. The maximum atomic E-state index is 11.8. The van der Waals surface area contributed by atoms with Crippen LogP contribution in [0.25, 0.3) is 10.6 Å². The number of rotatable bonds is 4. The summed E-state index contributed by atoms with van der Waals surface area (Å²) in [6.07, 6.45) is 2.09. The van der Waals surface area contributed by atoms with E-state index in [0.29, 0.717) is 6.04 Å². The van der Waals surface area contributed by atoms with Gasteiger partial charge in [-0.05, 0) is 25.0 Å². The van der Waals surface area contributed by atoms with Crippen molar-refractivity contribution in [3.05, 3.63) is 40.4 Å². The fourth-order valence-corrected chi connectivity index (χ4v) is 4.50. The first-order valence-corrected chi connectivity index (χ1v) is 9.92. The number of halogens is 1. The Balaban J connectivity index is 1.33. The van der Waals surface area contributed by atoms with Gasteiger partial charge in [0.1, 0.15) is 5.01 Å². The summed E-state index contributed by atoms with van der Waals surface area (Å²) in [6.45, 7) is 4.54. The molecule has 2 aliphatic heterocycles. The molecule has 2 aromatic rings. The molecule has 4 rings (SSSR count). The fourth-order valence-electron chi connectivity index (χ4n) is 3.56. The standard InChI is InChI=1S/C18H21ClN4OS/c19-14-3-1-13(2-4-14)17-21-15(12-25-17)11-22-8-5-16(6-9-22)23-10-7-20-18(23)24/h1-4,12,16H,5-11H2,(H,20,24). The number of piperidine rings is 1. The quantitative estimate of drug-likeness (QED) is 0.889. The number of thiazole rings is 1. The smallest absolute Gasteiger partial charge is 0.317 e. The van der Waals surface area contributed by atoms with Crippen molar-refractivity contribution in [2.75, 3.05) is 26.2 Å². The number of amides is 2. The third-order valence-corrected chi connectivity index (χ3v) is 6.11. The van der Waals surface area contributed by atoms with Crippen LogP contribution in [0.5, 0.6) is 0 Å². The van der Waals surface area contributed by atoms with E-state index < -0.39 is 0 Å². The number of nitrogens with zero attached hydrogens (tertiary/aromatic N) is 3. The van der Waals surface area contributed by atoms with Crippen LogP contribution in [-0.4, -0.2) is 53.0 Å². The molecule has 0 radical (unpaired) electrons. The van der Waals surface area contributed by atoms with Crippen molar-refractivity contribution < 1.29 is 4.79 Å². The average Bonchev–Trinajstić information content (AvgIpc) is 3.26. The largest absolute Gasteiger partial charge is 0.336 e. The molecule has 5 nitrogen and oxygen atoms in total. The lowest BCUT2D eigenvalue weighted by Crippen LogP contribution is -2.45. The van der Waals surface area contributed by atoms with E-state index in [-0.39, 0.29) is 6.03 Å². The second-order valence-corrected chi connectivity index (χ2v) is 7.88. The molecule has 1 aromatic heterocycles. The zero-order valence-electron chi connectivity index (χ0n) is 13.9. The summed E-state index contributed by atoms with van der Waals surface area (Å²) < 4.78 is 0. The van der Waals surface area contributed by atoms with Crippen LogP contribution in [0.15, 0.2) is 29.6 Å². The lowest BCUT2D eigenvalue weighted by atomic mass is 10.0. The molecule has 0 atom stereocenters. The Labute approximate surface area is 156 Å². The van der Waals surface area contributed by atoms with Gasteiger partial charge in [-0.25, -0.2) is 9.78 Å². The molecule has 1 N–H and O–H groups in total. The van der Waals surface area contributed by atoms with Crippen molar-refractivity contribution in [3.63, 3.8) is 0 Å². The number of hydrogen-bond donors (Lipinski definition) is 1. The van der Waals surface area contributed by atoms with E-state index in [1.54, 1.807) is 11.3 Å². The number of hydrogen-bond acceptors (Lipinski definition) is 4. The number of benzene rings is 1. The molecule has 0 bridgehead atoms. The van der Waals surface area contributed by atoms with Gasteiger partial charge in [0.15, 0.2) is 0 Å². The summed E-state index contributed by atoms with van der Waals surface area (Å²) in [5.74, 6) is 0. The van der Waals surface area contributed by atoms with Gasteiger partial charge in [-0.15, -0.1) is 11.3 Å². The second-order valence-electron chi connectivity index (χ2n) is 6.58. The van der Waals surface area contributed by atoms with Crippen LogP contribution in [0, 0.1) is 0 Å². The van der Waals surface area contributed by atoms with E-state index >= 15 is 0 Å². The highest BCUT2D eigenvalue weighted by atomic mass is 35.5. The third-order valence-electron chi connectivity index (χ3n) is 4.92. The van der Waals surface area contributed by atoms with E-state index in [0.717, 1.165) is 66.9 Å². The highest BCUT2D eigenvalue weighted by molar-refractivity contribution is 7.13. The first-order valence-electron chi connectivity index (χ1n) is 8.66. The molecule has 0 aliphatic carbocycles. The van der Waals surface area contributed by atoms with Crippen molar-refractivity contribution in [2.45, 2.75) is 25.4 Å². The predicted molar refractivity (Wildman–Crippen MR) is 101 cm³/mol. The Bertz CT molecular complexity index is 740. The molecule has 25 heavy (non-hydrogen) atoms. The van der Waals surface area contributed by atoms with E-state index in [1.165, 1.54) is 0 Å². The van der Waals surface area contributed by atoms with Gasteiger partial charge in [-0.1, -0.05) is 23.7 Å². The highest BCUT2D eigenvalue weighted by Gasteiger charge is 2.30. The molecule has 2 fully saturated rings. The van der Waals surface area contributed by atoms with E-state index in [4.69, 9.17) is 16.6 Å². The van der Waals surface area contributed by atoms with Crippen molar-refractivity contribution in [1.82, 2.24) is 20.1 Å². The molecule has 0 spiro atoms. The number of likely N-dealkylation sites (tertiary alicyclic amines) is 1. The molecule has 2 amide bonds. The summed E-state index contributed by atoms with van der Waals surface area (Å²) in [7, 11) is 0. The Morgan fingerprint density at radius 2 is 1.96 bits per heavy atom. The maximum absolute atomic E-state index is 11.8. The number of carbonyl (C=O) groups excluding carboxylic acids is 1. The van der Waals surface area contributed by atoms with Crippen LogP contribution in [0.4, 0.5) is 4.79 Å². The summed E-state index contributed by atoms with van der Waals surface area (Å²) in [5.41, 5.74) is 2.23. The van der Waals surface area contributed by atoms with E-state index in [2.05, 4.69) is 15.6 Å². The molecule has 3 heterocycles. The van der Waals surface area contributed by atoms with Crippen molar-refractivity contribution in [3.8, 4) is 10.6 Å². The summed E-state index contributed by atoms with van der Waals surface area (Å²) in [5, 5.41) is 6.82. The molecule has 2 aliphatic rings. The average molecular weight is 377 g/mol. The van der Waals surface area contributed by atoms with Gasteiger partial charge in [-0.2, -0.15) is 0 Å². The lowest BCUT2D eigenvalue weighted by molar-refractivity contribution is 0.131. The molecular formula is C18H21ClN4OS. The van der Waals surface area contributed by atoms with Gasteiger partial charge in [-0.3, -0.25) is 4.90 Å². The van der Waals surface area contributed by atoms with Gasteiger partial charge < -0.3 is 10.2 Å². The molecule has 132 valence electrons. The van der Waals surface area contributed by atoms with Crippen LogP contribution in [0.3, 0.4) is 0 Å². The van der Waals surface area contributed by atoms with Crippen LogP contribution < -0.4 is 5.32 Å². The van der Waals surface area contributed by atoms with Crippen LogP contribution >= 0.6 is 22.9 Å². The predicted octanol–water partition coefficient (Wildman–Crippen LogP) is 3.45. The maximum Gasteiger partial charge on any atom is 0.317 e. The second kappa shape index (κ2) is 7.32. The number of nitrogens with one attached hydrogen (secondary N) is 1. The number of carbonyl (C=O) groups is 1. The highest BCUT2D eigenvalue weighted by Crippen LogP contribution is 2.26. The lowest BCUT2D eigenvalue weighted by Gasteiger charge is -2.35. The fraction of sp³-hybridized carbons (Fsp3) is 0.444. The topological polar surface area (TPSA) is 48.5 Å². The molecule has 7 heteroatoms. The Morgan fingerprint density at radius 1 is 1.20 bits per heavy atom. The first-order chi connectivity index (χ1) is 12.2. The van der Waals surface area contributed by atoms with Crippen LogP contribution in [-0.2, 0) is 6.54 Å². The van der Waals surface area contributed by atoms with Gasteiger partial charge >= 0.3 is 6.03 Å². The SMILES string of the molecule is O=C1NCCN1C1CCN(Cc2csc(-c3ccc(Cl)cc3)n2)CC1.